The molecule has 2 aliphatic heterocycles. The van der Waals surface area contributed by atoms with E-state index in [4.69, 9.17) is 11.6 Å². The average molecular weight is 461 g/mol. The van der Waals surface area contributed by atoms with E-state index in [0.29, 0.717) is 45.5 Å². The number of H-pyrrole nitrogens is 2. The number of hydrogen-bond donors (Lipinski definition) is 2. The van der Waals surface area contributed by atoms with Gasteiger partial charge in [0, 0.05) is 47.7 Å². The van der Waals surface area contributed by atoms with Crippen LogP contribution >= 0.6 is 11.6 Å². The van der Waals surface area contributed by atoms with E-state index in [1.807, 2.05) is 46.2 Å². The van der Waals surface area contributed by atoms with Gasteiger partial charge in [-0.1, -0.05) is 11.6 Å². The molecular formula is C24H21ClN6O2. The normalized spacial score (nSPS) is 26.0. The number of aromatic amines is 2. The van der Waals surface area contributed by atoms with Crippen LogP contribution in [0.5, 0.6) is 0 Å². The van der Waals surface area contributed by atoms with E-state index in [1.165, 1.54) is 0 Å². The summed E-state index contributed by atoms with van der Waals surface area (Å²) in [5.41, 5.74) is 3.63. The lowest BCUT2D eigenvalue weighted by Crippen LogP contribution is -2.44. The first-order valence-electron chi connectivity index (χ1n) is 11.2. The molecule has 0 radical (unpaired) electrons. The largest absolute Gasteiger partial charge is 0.351 e. The molecule has 7 rings (SSSR count). The Balaban J connectivity index is 1.04. The van der Waals surface area contributed by atoms with Crippen molar-refractivity contribution in [1.82, 2.24) is 30.2 Å². The van der Waals surface area contributed by atoms with E-state index in [-0.39, 0.29) is 11.8 Å². The van der Waals surface area contributed by atoms with Gasteiger partial charge in [0.2, 0.25) is 0 Å². The smallest absolute Gasteiger partial charge is 0.270 e. The minimum absolute atomic E-state index is 0.0450. The maximum atomic E-state index is 13.2. The highest BCUT2D eigenvalue weighted by molar-refractivity contribution is 6.31. The Morgan fingerprint density at radius 1 is 0.818 bits per heavy atom. The summed E-state index contributed by atoms with van der Waals surface area (Å²) in [6.45, 7) is 3.03. The Kier molecular flexibility index (Phi) is 3.94. The number of rotatable bonds is 2. The summed E-state index contributed by atoms with van der Waals surface area (Å²) in [5.74, 6) is 1.96. The molecule has 1 aliphatic carbocycles. The van der Waals surface area contributed by atoms with Crippen LogP contribution in [0.2, 0.25) is 5.02 Å². The molecule has 166 valence electrons. The summed E-state index contributed by atoms with van der Waals surface area (Å²) in [6.07, 6.45) is 0. The molecule has 2 saturated heterocycles. The molecule has 33 heavy (non-hydrogen) atoms. The highest BCUT2D eigenvalue weighted by atomic mass is 35.5. The Morgan fingerprint density at radius 3 is 2.21 bits per heavy atom. The molecule has 1 saturated carbocycles. The highest BCUT2D eigenvalue weighted by Crippen LogP contribution is 2.54. The topological polar surface area (TPSA) is 98.0 Å². The van der Waals surface area contributed by atoms with Crippen LogP contribution in [0.3, 0.4) is 0 Å². The first-order chi connectivity index (χ1) is 16.0. The van der Waals surface area contributed by atoms with Gasteiger partial charge in [-0.2, -0.15) is 15.4 Å². The summed E-state index contributed by atoms with van der Waals surface area (Å²) in [5, 5.41) is 12.3. The third-order valence-electron chi connectivity index (χ3n) is 7.88. The first-order valence-corrected chi connectivity index (χ1v) is 11.6. The van der Waals surface area contributed by atoms with E-state index in [9.17, 15) is 9.59 Å². The number of fused-ring (bicyclic) bond motifs is 6. The Bertz CT molecular complexity index is 1420. The van der Waals surface area contributed by atoms with Crippen molar-refractivity contribution in [3.63, 3.8) is 0 Å². The van der Waals surface area contributed by atoms with Crippen molar-refractivity contribution in [1.29, 1.82) is 0 Å². The molecule has 4 heterocycles. The van der Waals surface area contributed by atoms with Crippen LogP contribution in [0, 0.1) is 23.7 Å². The fraction of sp³-hybridized carbons (Fsp3) is 0.333. The van der Waals surface area contributed by atoms with E-state index in [1.54, 1.807) is 6.07 Å². The van der Waals surface area contributed by atoms with Gasteiger partial charge in [-0.25, -0.2) is 0 Å². The number of hydrogen-bond acceptors (Lipinski definition) is 4. The molecule has 2 unspecified atom stereocenters. The van der Waals surface area contributed by atoms with Crippen molar-refractivity contribution < 1.29 is 9.59 Å². The number of amides is 2. The molecular weight excluding hydrogens is 440 g/mol. The number of aromatic nitrogens is 4. The zero-order valence-electron chi connectivity index (χ0n) is 17.7. The number of nitrogens with one attached hydrogen (secondary N) is 2. The SMILES string of the molecule is O=C(c1ccc2n[nH]nc2c1)N1C[C@@H]2C3CN(C(=O)c4cc5cc(Cl)ccc5[nH]4)CC3[C@@H]2C1. The van der Waals surface area contributed by atoms with Gasteiger partial charge in [0.25, 0.3) is 11.8 Å². The van der Waals surface area contributed by atoms with Gasteiger partial charge >= 0.3 is 0 Å². The standard InChI is InChI=1S/C24H21ClN6O2/c25-14-2-4-19-13(5-14)7-22(26-19)24(33)31-10-17-15-8-30(9-16(15)18(17)11-31)23(32)12-1-3-20-21(6-12)28-29-27-20/h1-7,15-18,26H,8-11H2,(H,27,28,29)/t15-,16+,17?,18?. The zero-order valence-corrected chi connectivity index (χ0v) is 18.4. The zero-order chi connectivity index (χ0) is 22.3. The second-order valence-corrected chi connectivity index (χ2v) is 9.95. The first kappa shape index (κ1) is 19.1. The Morgan fingerprint density at radius 2 is 1.48 bits per heavy atom. The molecule has 2 aromatic carbocycles. The predicted octanol–water partition coefficient (Wildman–Crippen LogP) is 3.18. The average Bonchev–Trinajstić information content (AvgIpc) is 3.59. The van der Waals surface area contributed by atoms with Crippen LogP contribution in [0.4, 0.5) is 0 Å². The van der Waals surface area contributed by atoms with Crippen molar-refractivity contribution in [3.05, 3.63) is 58.7 Å². The number of likely N-dealkylation sites (tertiary alicyclic amines) is 2. The van der Waals surface area contributed by atoms with Crippen LogP contribution in [0.15, 0.2) is 42.5 Å². The van der Waals surface area contributed by atoms with Gasteiger partial charge < -0.3 is 14.8 Å². The number of halogens is 1. The fourth-order valence-electron chi connectivity index (χ4n) is 6.25. The molecule has 8 nitrogen and oxygen atoms in total. The summed E-state index contributed by atoms with van der Waals surface area (Å²) in [4.78, 5) is 33.5. The van der Waals surface area contributed by atoms with Crippen molar-refractivity contribution >= 4 is 45.4 Å². The van der Waals surface area contributed by atoms with E-state index >= 15 is 0 Å². The molecule has 4 atom stereocenters. The third-order valence-corrected chi connectivity index (χ3v) is 8.11. The summed E-state index contributed by atoms with van der Waals surface area (Å²) in [7, 11) is 0. The van der Waals surface area contributed by atoms with Crippen molar-refractivity contribution in [3.8, 4) is 0 Å². The Labute approximate surface area is 193 Å². The highest BCUT2D eigenvalue weighted by Gasteiger charge is 2.59. The van der Waals surface area contributed by atoms with Gasteiger partial charge in [0.05, 0.1) is 0 Å². The van der Waals surface area contributed by atoms with Crippen LogP contribution in [-0.2, 0) is 0 Å². The predicted molar refractivity (Wildman–Crippen MR) is 123 cm³/mol. The molecule has 2 aromatic heterocycles. The van der Waals surface area contributed by atoms with Gasteiger partial charge in [-0.05, 0) is 66.1 Å². The van der Waals surface area contributed by atoms with Gasteiger partial charge in [0.1, 0.15) is 16.7 Å². The molecule has 2 N–H and O–H groups in total. The minimum Gasteiger partial charge on any atom is -0.351 e. The summed E-state index contributed by atoms with van der Waals surface area (Å²) >= 11 is 6.08. The number of carbonyl (C=O) groups is 2. The molecule has 2 amide bonds. The molecule has 4 aromatic rings. The van der Waals surface area contributed by atoms with Crippen molar-refractivity contribution in [2.75, 3.05) is 26.2 Å². The second kappa shape index (κ2) is 6.81. The van der Waals surface area contributed by atoms with Gasteiger partial charge in [0.15, 0.2) is 0 Å². The van der Waals surface area contributed by atoms with Crippen LogP contribution in [0.25, 0.3) is 21.9 Å². The number of carbonyl (C=O) groups excluding carboxylic acids is 2. The number of benzene rings is 2. The number of nitrogens with zero attached hydrogens (tertiary/aromatic N) is 4. The lowest BCUT2D eigenvalue weighted by molar-refractivity contribution is 0.0629. The van der Waals surface area contributed by atoms with Crippen LogP contribution in [-0.4, -0.2) is 68.2 Å². The molecule has 9 heteroatoms. The van der Waals surface area contributed by atoms with E-state index in [2.05, 4.69) is 20.4 Å². The van der Waals surface area contributed by atoms with Crippen LogP contribution in [0.1, 0.15) is 20.8 Å². The van der Waals surface area contributed by atoms with Crippen molar-refractivity contribution in [2.24, 2.45) is 23.7 Å². The lowest BCUT2D eigenvalue weighted by atomic mass is 9.60. The molecule has 0 bridgehead atoms. The fourth-order valence-corrected chi connectivity index (χ4v) is 6.43. The van der Waals surface area contributed by atoms with Gasteiger partial charge in [-0.3, -0.25) is 9.59 Å². The maximum absolute atomic E-state index is 13.2. The Hall–Kier alpha value is -3.39. The van der Waals surface area contributed by atoms with Crippen molar-refractivity contribution in [2.45, 2.75) is 0 Å². The van der Waals surface area contributed by atoms with Gasteiger partial charge in [-0.15, -0.1) is 0 Å². The molecule has 0 spiro atoms. The monoisotopic (exact) mass is 460 g/mol. The molecule has 3 fully saturated rings. The minimum atomic E-state index is 0.0450. The molecule has 3 aliphatic rings. The van der Waals surface area contributed by atoms with E-state index in [0.717, 1.165) is 42.6 Å². The van der Waals surface area contributed by atoms with Crippen LogP contribution < -0.4 is 0 Å². The summed E-state index contributed by atoms with van der Waals surface area (Å²) < 4.78 is 0. The van der Waals surface area contributed by atoms with E-state index < -0.39 is 0 Å². The second-order valence-electron chi connectivity index (χ2n) is 9.52. The quantitative estimate of drug-likeness (QED) is 0.480. The summed E-state index contributed by atoms with van der Waals surface area (Å²) in [6, 6.07) is 12.9. The lowest BCUT2D eigenvalue weighted by Gasteiger charge is -2.42. The maximum Gasteiger partial charge on any atom is 0.270 e. The third kappa shape index (κ3) is 2.83.